The normalized spacial score (nSPS) is 21.3. The molecule has 2 aliphatic rings. The van der Waals surface area contributed by atoms with Gasteiger partial charge in [-0.25, -0.2) is 18.7 Å². The molecule has 2 amide bonds. The summed E-state index contributed by atoms with van der Waals surface area (Å²) in [7, 11) is -3.83. The summed E-state index contributed by atoms with van der Waals surface area (Å²) in [5.41, 5.74) is 2.75. The summed E-state index contributed by atoms with van der Waals surface area (Å²) in [6.07, 6.45) is 4.10. The smallest absolute Gasteiger partial charge is 0.328 e. The van der Waals surface area contributed by atoms with Crippen LogP contribution in [-0.4, -0.2) is 64.3 Å². The summed E-state index contributed by atoms with van der Waals surface area (Å²) >= 11 is 0. The fourth-order valence-electron chi connectivity index (χ4n) is 3.51. The first kappa shape index (κ1) is 22.9. The molecule has 31 heavy (non-hydrogen) atoms. The maximum absolute atomic E-state index is 12.6. The quantitative estimate of drug-likeness (QED) is 0.314. The number of aliphatic hydroxyl groups is 1. The number of aliphatic hydroxyl groups excluding tert-OH is 1. The second kappa shape index (κ2) is 8.75. The monoisotopic (exact) mass is 447 g/mol. The molecule has 0 saturated heterocycles. The lowest BCUT2D eigenvalue weighted by atomic mass is 10.1. The molecule has 1 aromatic rings. The predicted molar refractivity (Wildman–Crippen MR) is 111 cm³/mol. The second-order valence-corrected chi connectivity index (χ2v) is 10.6. The third-order valence-electron chi connectivity index (χ3n) is 6.01. The van der Waals surface area contributed by atoms with Crippen LogP contribution in [0.1, 0.15) is 37.4 Å². The van der Waals surface area contributed by atoms with Gasteiger partial charge in [-0.2, -0.15) is 0 Å². The fraction of sp³-hybridized carbons (Fsp3) is 0.524. The number of hydrogen-bond donors (Lipinski definition) is 3. The fourth-order valence-corrected chi connectivity index (χ4v) is 4.36. The van der Waals surface area contributed by atoms with Crippen LogP contribution in [0.3, 0.4) is 0 Å². The molecule has 3 N–H and O–H groups in total. The molecule has 1 aliphatic carbocycles. The minimum Gasteiger partial charge on any atom is -0.396 e. The Morgan fingerprint density at radius 1 is 1.35 bits per heavy atom. The molecule has 1 saturated carbocycles. The van der Waals surface area contributed by atoms with Crippen molar-refractivity contribution < 1.29 is 28.3 Å². The number of carbonyl (C=O) groups excluding carboxylic acids is 2. The largest absolute Gasteiger partial charge is 0.396 e. The summed E-state index contributed by atoms with van der Waals surface area (Å²) in [4.78, 5) is 26.0. The van der Waals surface area contributed by atoms with Gasteiger partial charge in [0.05, 0.1) is 6.54 Å². The van der Waals surface area contributed by atoms with Gasteiger partial charge in [0.15, 0.2) is 14.6 Å². The van der Waals surface area contributed by atoms with E-state index in [-0.39, 0.29) is 32.1 Å². The Morgan fingerprint density at radius 3 is 2.68 bits per heavy atom. The third kappa shape index (κ3) is 4.77. The molecule has 0 unspecified atom stereocenters. The summed E-state index contributed by atoms with van der Waals surface area (Å²) < 4.78 is 23.7. The molecule has 0 bridgehead atoms. The van der Waals surface area contributed by atoms with E-state index in [2.05, 4.69) is 23.7 Å². The standard InChI is InChI=1S/C21H25N3O6S/c1-21(19(26)22-28,31(2,29)30)8-9-23-13-18-10-15(12-24(18)20(23)27)6-4-3-5-7-16-11-17(16)14-25/h10,12,16-17,25,28H,7-9,11,13-14H2,1-2H3,(H,22,26)/t16-,17-,21-/m1/s1. The summed E-state index contributed by atoms with van der Waals surface area (Å²) in [6, 6.07) is 1.43. The van der Waals surface area contributed by atoms with Crippen LogP contribution >= 0.6 is 0 Å². The highest BCUT2D eigenvalue weighted by Gasteiger charge is 2.44. The van der Waals surface area contributed by atoms with Crippen LogP contribution in [-0.2, 0) is 21.2 Å². The van der Waals surface area contributed by atoms with Crippen molar-refractivity contribution >= 4 is 21.8 Å². The molecule has 10 heteroatoms. The number of hydroxylamine groups is 1. The number of fused-ring (bicyclic) bond motifs is 1. The van der Waals surface area contributed by atoms with E-state index in [0.717, 1.165) is 19.1 Å². The zero-order valence-corrected chi connectivity index (χ0v) is 18.2. The molecule has 2 heterocycles. The van der Waals surface area contributed by atoms with E-state index in [9.17, 15) is 18.0 Å². The van der Waals surface area contributed by atoms with E-state index in [4.69, 9.17) is 10.3 Å². The van der Waals surface area contributed by atoms with Gasteiger partial charge in [-0.3, -0.25) is 14.6 Å². The lowest BCUT2D eigenvalue weighted by molar-refractivity contribution is -0.131. The van der Waals surface area contributed by atoms with Gasteiger partial charge >= 0.3 is 6.03 Å². The van der Waals surface area contributed by atoms with E-state index >= 15 is 0 Å². The van der Waals surface area contributed by atoms with Crippen molar-refractivity contribution in [1.29, 1.82) is 0 Å². The van der Waals surface area contributed by atoms with Crippen LogP contribution in [0, 0.1) is 35.5 Å². The molecule has 3 rings (SSSR count). The summed E-state index contributed by atoms with van der Waals surface area (Å²) in [6.45, 7) is 1.72. The zero-order valence-electron chi connectivity index (χ0n) is 17.4. The number of nitrogens with one attached hydrogen (secondary N) is 1. The molecule has 166 valence electrons. The topological polar surface area (TPSA) is 129 Å². The van der Waals surface area contributed by atoms with Crippen molar-refractivity contribution in [3.8, 4) is 23.7 Å². The van der Waals surface area contributed by atoms with E-state index in [1.54, 1.807) is 12.3 Å². The Balaban J connectivity index is 1.59. The van der Waals surface area contributed by atoms with Gasteiger partial charge in [-0.05, 0) is 49.5 Å². The molecule has 1 aromatic heterocycles. The Kier molecular flexibility index (Phi) is 6.46. The van der Waals surface area contributed by atoms with Gasteiger partial charge in [0, 0.05) is 43.3 Å². The van der Waals surface area contributed by atoms with E-state index in [1.165, 1.54) is 21.9 Å². The first-order chi connectivity index (χ1) is 14.6. The molecular formula is C21H25N3O6S. The van der Waals surface area contributed by atoms with Crippen molar-refractivity contribution in [2.24, 2.45) is 11.8 Å². The van der Waals surface area contributed by atoms with Crippen molar-refractivity contribution in [2.75, 3.05) is 19.4 Å². The number of sulfone groups is 1. The molecule has 9 nitrogen and oxygen atoms in total. The van der Waals surface area contributed by atoms with Gasteiger partial charge in [-0.15, -0.1) is 0 Å². The number of aromatic nitrogens is 1. The lowest BCUT2D eigenvalue weighted by Gasteiger charge is -2.27. The number of nitrogens with zero attached hydrogens (tertiary/aromatic N) is 2. The van der Waals surface area contributed by atoms with Crippen LogP contribution in [0.25, 0.3) is 0 Å². The van der Waals surface area contributed by atoms with Crippen LogP contribution in [0.5, 0.6) is 0 Å². The molecule has 3 atom stereocenters. The van der Waals surface area contributed by atoms with Crippen molar-refractivity contribution in [3.63, 3.8) is 0 Å². The SMILES string of the molecule is C[C@@](CCN1Cc2cc(C#CC#CC[C@@H]3C[C@@H]3CO)cn2C1=O)(C(=O)NO)S(C)(=O)=O. The van der Waals surface area contributed by atoms with E-state index in [1.807, 2.05) is 0 Å². The average molecular weight is 448 g/mol. The maximum Gasteiger partial charge on any atom is 0.328 e. The van der Waals surface area contributed by atoms with Gasteiger partial charge in [-0.1, -0.05) is 11.8 Å². The number of hydrogen-bond acceptors (Lipinski definition) is 6. The van der Waals surface area contributed by atoms with Gasteiger partial charge in [0.25, 0.3) is 5.91 Å². The first-order valence-electron chi connectivity index (χ1n) is 9.85. The zero-order chi connectivity index (χ0) is 22.8. The summed E-state index contributed by atoms with van der Waals surface area (Å²) in [5, 5.41) is 17.9. The molecule has 0 radical (unpaired) electrons. The lowest BCUT2D eigenvalue weighted by Crippen LogP contribution is -2.50. The Bertz CT molecular complexity index is 1120. The highest BCUT2D eigenvalue weighted by Crippen LogP contribution is 2.40. The Hall–Kier alpha value is -2.79. The van der Waals surface area contributed by atoms with Crippen molar-refractivity contribution in [3.05, 3.63) is 23.5 Å². The minimum absolute atomic E-state index is 0.0278. The molecule has 1 aliphatic heterocycles. The van der Waals surface area contributed by atoms with E-state index in [0.29, 0.717) is 23.1 Å². The van der Waals surface area contributed by atoms with Gasteiger partial charge < -0.3 is 10.0 Å². The molecule has 0 spiro atoms. The number of carbonyl (C=O) groups is 2. The van der Waals surface area contributed by atoms with Crippen molar-refractivity contribution in [2.45, 2.75) is 37.5 Å². The minimum atomic E-state index is -3.83. The highest BCUT2D eigenvalue weighted by atomic mass is 32.2. The Labute approximate surface area is 181 Å². The molecule has 0 aromatic carbocycles. The van der Waals surface area contributed by atoms with Crippen LogP contribution < -0.4 is 5.48 Å². The van der Waals surface area contributed by atoms with Crippen LogP contribution in [0.15, 0.2) is 12.3 Å². The van der Waals surface area contributed by atoms with Crippen LogP contribution in [0.2, 0.25) is 0 Å². The van der Waals surface area contributed by atoms with Crippen molar-refractivity contribution in [1.82, 2.24) is 14.9 Å². The number of rotatable bonds is 7. The maximum atomic E-state index is 12.6. The predicted octanol–water partition coefficient (Wildman–Crippen LogP) is 0.344. The Morgan fingerprint density at radius 2 is 2.10 bits per heavy atom. The number of amides is 2. The molecule has 1 fully saturated rings. The van der Waals surface area contributed by atoms with Gasteiger partial charge in [0.1, 0.15) is 0 Å². The first-order valence-corrected chi connectivity index (χ1v) is 11.7. The second-order valence-electron chi connectivity index (χ2n) is 8.18. The van der Waals surface area contributed by atoms with E-state index < -0.39 is 20.5 Å². The van der Waals surface area contributed by atoms with Crippen LogP contribution in [0.4, 0.5) is 4.79 Å². The molecular weight excluding hydrogens is 422 g/mol. The van der Waals surface area contributed by atoms with Gasteiger partial charge in [0.2, 0.25) is 0 Å². The highest BCUT2D eigenvalue weighted by molar-refractivity contribution is 7.92. The summed E-state index contributed by atoms with van der Waals surface area (Å²) in [5.74, 6) is 11.3. The average Bonchev–Trinajstić information content (AvgIpc) is 3.27. The third-order valence-corrected chi connectivity index (χ3v) is 8.04.